The first-order valence-electron chi connectivity index (χ1n) is 14.1. The van der Waals surface area contributed by atoms with E-state index in [1.165, 1.54) is 0 Å². The standard InChI is InChI=1S/C33H33N2O/c1-20-9-12-23(13-10-20)30-27(34-7)17-16-26-25-15-11-21(2)29(31(25)36-32(26)30)28-18-14-24(19-33(4,5)6)22(3)35(28)8/h9-18H,19H2,1-6,8H3/q+1/i14D,18D,19D2. The second kappa shape index (κ2) is 8.64. The summed E-state index contributed by atoms with van der Waals surface area (Å²) in [7, 11) is 1.82. The van der Waals surface area contributed by atoms with Crippen LogP contribution in [0.5, 0.6) is 0 Å². The predicted molar refractivity (Wildman–Crippen MR) is 149 cm³/mol. The molecule has 5 aromatic rings. The van der Waals surface area contributed by atoms with Gasteiger partial charge >= 0.3 is 0 Å². The van der Waals surface area contributed by atoms with Crippen molar-refractivity contribution in [3.8, 4) is 22.4 Å². The van der Waals surface area contributed by atoms with Crippen LogP contribution in [0, 0.1) is 32.8 Å². The van der Waals surface area contributed by atoms with Crippen LogP contribution in [0.2, 0.25) is 0 Å². The highest BCUT2D eigenvalue weighted by molar-refractivity contribution is 6.15. The van der Waals surface area contributed by atoms with Crippen LogP contribution in [-0.2, 0) is 13.4 Å². The van der Waals surface area contributed by atoms with Crippen LogP contribution >= 0.6 is 0 Å². The van der Waals surface area contributed by atoms with Gasteiger partial charge in [-0.3, -0.25) is 0 Å². The molecule has 0 spiro atoms. The highest BCUT2D eigenvalue weighted by Gasteiger charge is 2.25. The quantitative estimate of drug-likeness (QED) is 0.188. The molecule has 0 aliphatic rings. The van der Waals surface area contributed by atoms with Crippen LogP contribution < -0.4 is 4.57 Å². The van der Waals surface area contributed by atoms with Crippen molar-refractivity contribution >= 4 is 27.6 Å². The van der Waals surface area contributed by atoms with Gasteiger partial charge in [0.25, 0.3) is 0 Å². The van der Waals surface area contributed by atoms with Gasteiger partial charge in [-0.25, -0.2) is 4.85 Å². The second-order valence-electron chi connectivity index (χ2n) is 10.5. The number of rotatable bonds is 3. The fourth-order valence-electron chi connectivity index (χ4n) is 4.74. The number of nitrogens with zero attached hydrogens (tertiary/aromatic N) is 2. The van der Waals surface area contributed by atoms with Gasteiger partial charge in [0.05, 0.1) is 14.9 Å². The third-order valence-electron chi connectivity index (χ3n) is 6.70. The highest BCUT2D eigenvalue weighted by Crippen LogP contribution is 2.44. The molecule has 0 atom stereocenters. The average Bonchev–Trinajstić information content (AvgIpc) is 3.26. The zero-order chi connectivity index (χ0) is 29.3. The first-order chi connectivity index (χ1) is 18.7. The van der Waals surface area contributed by atoms with Crippen molar-refractivity contribution < 1.29 is 14.5 Å². The Morgan fingerprint density at radius 2 is 1.56 bits per heavy atom. The molecule has 0 unspecified atom stereocenters. The predicted octanol–water partition coefficient (Wildman–Crippen LogP) is 8.81. The minimum absolute atomic E-state index is 0.0483. The molecule has 2 aromatic heterocycles. The number of fused-ring (bicyclic) bond motifs is 3. The molecule has 36 heavy (non-hydrogen) atoms. The van der Waals surface area contributed by atoms with Gasteiger partial charge in [-0.2, -0.15) is 4.57 Å². The van der Waals surface area contributed by atoms with Gasteiger partial charge in [0.1, 0.15) is 18.2 Å². The third-order valence-corrected chi connectivity index (χ3v) is 6.70. The summed E-state index contributed by atoms with van der Waals surface area (Å²) in [6.45, 7) is 19.0. The number of benzene rings is 3. The van der Waals surface area contributed by atoms with Crippen molar-refractivity contribution in [3.63, 3.8) is 0 Å². The molecule has 5 rings (SSSR count). The number of hydrogen-bond donors (Lipinski definition) is 0. The molecule has 0 radical (unpaired) electrons. The fraction of sp³-hybridized carbons (Fsp3) is 0.273. The Morgan fingerprint density at radius 1 is 0.917 bits per heavy atom. The minimum atomic E-state index is -1.82. The van der Waals surface area contributed by atoms with E-state index in [4.69, 9.17) is 16.5 Å². The maximum atomic E-state index is 9.11. The summed E-state index contributed by atoms with van der Waals surface area (Å²) in [5.41, 5.74) is 6.57. The molecular weight excluding hydrogens is 440 g/mol. The van der Waals surface area contributed by atoms with Gasteiger partial charge in [0.15, 0.2) is 11.4 Å². The zero-order valence-corrected chi connectivity index (χ0v) is 21.9. The molecule has 0 aliphatic heterocycles. The number of furan rings is 1. The largest absolute Gasteiger partial charge is 0.456 e. The second-order valence-corrected chi connectivity index (χ2v) is 10.5. The first-order valence-corrected chi connectivity index (χ1v) is 12.1. The summed E-state index contributed by atoms with van der Waals surface area (Å²) in [6, 6.07) is 15.6. The molecule has 3 nitrogen and oxygen atoms in total. The van der Waals surface area contributed by atoms with Crippen molar-refractivity contribution in [2.24, 2.45) is 12.5 Å². The van der Waals surface area contributed by atoms with Gasteiger partial charge in [-0.05, 0) is 42.8 Å². The molecule has 0 bridgehead atoms. The molecular formula is C33H33N2O+. The molecule has 3 heteroatoms. The van der Waals surface area contributed by atoms with E-state index in [1.54, 1.807) is 0 Å². The smallest absolute Gasteiger partial charge is 0.216 e. The Bertz CT molecular complexity index is 1840. The number of pyridine rings is 1. The Morgan fingerprint density at radius 3 is 2.19 bits per heavy atom. The normalized spacial score (nSPS) is 13.8. The third kappa shape index (κ3) is 3.97. The summed E-state index contributed by atoms with van der Waals surface area (Å²) in [4.78, 5) is 3.79. The van der Waals surface area contributed by atoms with E-state index >= 15 is 0 Å². The van der Waals surface area contributed by atoms with Gasteiger partial charge in [0.2, 0.25) is 5.69 Å². The van der Waals surface area contributed by atoms with Crippen molar-refractivity contribution in [2.75, 3.05) is 0 Å². The van der Waals surface area contributed by atoms with E-state index in [9.17, 15) is 0 Å². The van der Waals surface area contributed by atoms with Crippen LogP contribution in [0.4, 0.5) is 5.69 Å². The Labute approximate surface area is 219 Å². The fourth-order valence-corrected chi connectivity index (χ4v) is 4.74. The molecule has 0 amide bonds. The van der Waals surface area contributed by atoms with E-state index < -0.39 is 11.8 Å². The molecule has 0 fully saturated rings. The van der Waals surface area contributed by atoms with E-state index in [0.29, 0.717) is 33.8 Å². The molecule has 2 heterocycles. The Kier molecular flexibility index (Phi) is 4.64. The van der Waals surface area contributed by atoms with Crippen molar-refractivity contribution in [2.45, 2.75) is 47.9 Å². The highest BCUT2D eigenvalue weighted by atomic mass is 16.3. The van der Waals surface area contributed by atoms with Crippen LogP contribution in [0.25, 0.3) is 49.2 Å². The van der Waals surface area contributed by atoms with E-state index in [0.717, 1.165) is 33.0 Å². The Hall–Kier alpha value is -3.90. The summed E-state index contributed by atoms with van der Waals surface area (Å²) >= 11 is 0. The molecule has 3 aromatic carbocycles. The zero-order valence-electron chi connectivity index (χ0n) is 25.9. The molecule has 0 saturated carbocycles. The van der Waals surface area contributed by atoms with Gasteiger partial charge in [-0.15, -0.1) is 0 Å². The molecule has 0 aliphatic carbocycles. The maximum Gasteiger partial charge on any atom is 0.216 e. The van der Waals surface area contributed by atoms with E-state index in [1.807, 2.05) is 102 Å². The van der Waals surface area contributed by atoms with Gasteiger partial charge in [0, 0.05) is 37.6 Å². The Balaban J connectivity index is 1.89. The van der Waals surface area contributed by atoms with Crippen molar-refractivity contribution in [1.29, 1.82) is 0 Å². The summed E-state index contributed by atoms with van der Waals surface area (Å²) in [6.07, 6.45) is -1.82. The lowest BCUT2D eigenvalue weighted by molar-refractivity contribution is -0.667. The van der Waals surface area contributed by atoms with Gasteiger partial charge < -0.3 is 4.42 Å². The lowest BCUT2D eigenvalue weighted by atomic mass is 9.87. The van der Waals surface area contributed by atoms with Crippen LogP contribution in [0.15, 0.2) is 65.0 Å². The lowest BCUT2D eigenvalue weighted by Gasteiger charge is -2.19. The summed E-state index contributed by atoms with van der Waals surface area (Å²) < 4.78 is 44.3. The lowest BCUT2D eigenvalue weighted by Crippen LogP contribution is -2.36. The molecule has 180 valence electrons. The van der Waals surface area contributed by atoms with E-state index in [2.05, 4.69) is 4.85 Å². The number of hydrogen-bond acceptors (Lipinski definition) is 1. The molecule has 0 saturated heterocycles. The average molecular weight is 478 g/mol. The van der Waals surface area contributed by atoms with Crippen molar-refractivity contribution in [3.05, 3.63) is 94.4 Å². The SMILES string of the molecule is [2H]c1c([2H])c(-c2c(C)ccc3c2oc2c(-c4ccc(C)cc4)c([N+]#[C-])ccc23)[n+](C)c(C)c1C([2H])([2H])C(C)(C)C. The van der Waals surface area contributed by atoms with Crippen LogP contribution in [0.3, 0.4) is 0 Å². The van der Waals surface area contributed by atoms with Crippen molar-refractivity contribution in [1.82, 2.24) is 0 Å². The number of aromatic nitrogens is 1. The summed E-state index contributed by atoms with van der Waals surface area (Å²) in [5.74, 6) is 0. The number of aryl methyl sites for hydroxylation is 2. The van der Waals surface area contributed by atoms with Crippen LogP contribution in [0.1, 0.15) is 48.6 Å². The topological polar surface area (TPSA) is 21.4 Å². The monoisotopic (exact) mass is 477 g/mol. The molecule has 0 N–H and O–H groups in total. The van der Waals surface area contributed by atoms with Crippen LogP contribution in [-0.4, -0.2) is 0 Å². The summed E-state index contributed by atoms with van der Waals surface area (Å²) in [5, 5.41) is 1.73. The first kappa shape index (κ1) is 19.3. The minimum Gasteiger partial charge on any atom is -0.456 e. The van der Waals surface area contributed by atoms with Gasteiger partial charge in [-0.1, -0.05) is 74.9 Å². The maximum absolute atomic E-state index is 9.11. The van der Waals surface area contributed by atoms with E-state index in [-0.39, 0.29) is 17.6 Å².